The number of ether oxygens (including phenoxy) is 1. The van der Waals surface area contributed by atoms with E-state index in [1.807, 2.05) is 6.07 Å². The van der Waals surface area contributed by atoms with Crippen LogP contribution in [-0.2, 0) is 0 Å². The minimum Gasteiger partial charge on any atom is -0.497 e. The van der Waals surface area contributed by atoms with Crippen molar-refractivity contribution in [1.82, 2.24) is 5.32 Å². The van der Waals surface area contributed by atoms with Gasteiger partial charge < -0.3 is 15.0 Å². The summed E-state index contributed by atoms with van der Waals surface area (Å²) in [6.45, 7) is 7.87. The molecule has 1 N–H and O–H groups in total. The monoisotopic (exact) mass is 248 g/mol. The van der Waals surface area contributed by atoms with Crippen LogP contribution in [0.15, 0.2) is 24.3 Å². The molecule has 1 fully saturated rings. The molecule has 0 amide bonds. The van der Waals surface area contributed by atoms with E-state index in [1.165, 1.54) is 12.1 Å². The van der Waals surface area contributed by atoms with E-state index in [2.05, 4.69) is 42.3 Å². The summed E-state index contributed by atoms with van der Waals surface area (Å²) in [7, 11) is 1.72. The second-order valence-corrected chi connectivity index (χ2v) is 5.31. The average molecular weight is 248 g/mol. The Kier molecular flexibility index (Phi) is 4.48. The molecule has 3 nitrogen and oxygen atoms in total. The molecule has 0 saturated carbocycles. The fraction of sp³-hybridized carbons (Fsp3) is 0.600. The van der Waals surface area contributed by atoms with Crippen molar-refractivity contribution in [1.29, 1.82) is 0 Å². The van der Waals surface area contributed by atoms with E-state index in [0.717, 1.165) is 25.4 Å². The van der Waals surface area contributed by atoms with Crippen LogP contribution in [0, 0.1) is 5.92 Å². The van der Waals surface area contributed by atoms with E-state index in [0.29, 0.717) is 12.0 Å². The van der Waals surface area contributed by atoms with Crippen LogP contribution in [0.2, 0.25) is 0 Å². The summed E-state index contributed by atoms with van der Waals surface area (Å²) in [6.07, 6.45) is 1.19. The lowest BCUT2D eigenvalue weighted by Crippen LogP contribution is -2.41. The van der Waals surface area contributed by atoms with Gasteiger partial charge in [-0.2, -0.15) is 0 Å². The van der Waals surface area contributed by atoms with Crippen LogP contribution < -0.4 is 15.0 Å². The Labute approximate surface area is 110 Å². The summed E-state index contributed by atoms with van der Waals surface area (Å²) < 4.78 is 5.31. The minimum atomic E-state index is 0.568. The van der Waals surface area contributed by atoms with Gasteiger partial charge in [-0.3, -0.25) is 0 Å². The van der Waals surface area contributed by atoms with Gasteiger partial charge in [0.25, 0.3) is 0 Å². The number of nitrogens with one attached hydrogen (secondary N) is 1. The molecule has 0 spiro atoms. The average Bonchev–Trinajstić information content (AvgIpc) is 2.64. The molecule has 0 aliphatic carbocycles. The van der Waals surface area contributed by atoms with Gasteiger partial charge in [0.15, 0.2) is 0 Å². The third-order valence-corrected chi connectivity index (χ3v) is 3.65. The Bertz CT molecular complexity index is 379. The van der Waals surface area contributed by atoms with E-state index in [4.69, 9.17) is 4.74 Å². The maximum Gasteiger partial charge on any atom is 0.120 e. The molecule has 0 aromatic heterocycles. The first kappa shape index (κ1) is 13.2. The zero-order valence-electron chi connectivity index (χ0n) is 11.6. The topological polar surface area (TPSA) is 24.5 Å². The van der Waals surface area contributed by atoms with Gasteiger partial charge in [0, 0.05) is 30.9 Å². The van der Waals surface area contributed by atoms with Crippen molar-refractivity contribution >= 4 is 5.69 Å². The minimum absolute atomic E-state index is 0.568. The van der Waals surface area contributed by atoms with E-state index >= 15 is 0 Å². The number of hydrogen-bond acceptors (Lipinski definition) is 3. The third kappa shape index (κ3) is 3.16. The first-order chi connectivity index (χ1) is 8.70. The molecule has 0 bridgehead atoms. The van der Waals surface area contributed by atoms with Crippen LogP contribution in [0.1, 0.15) is 20.3 Å². The Morgan fingerprint density at radius 2 is 2.22 bits per heavy atom. The molecule has 1 heterocycles. The first-order valence-corrected chi connectivity index (χ1v) is 6.83. The van der Waals surface area contributed by atoms with Crippen molar-refractivity contribution in [3.8, 4) is 5.75 Å². The molecule has 1 atom stereocenters. The highest BCUT2D eigenvalue weighted by Gasteiger charge is 2.20. The van der Waals surface area contributed by atoms with Crippen molar-refractivity contribution < 1.29 is 4.74 Å². The SMILES string of the molecule is COc1cccc(N2CCCNC(C(C)C)C2)c1. The highest BCUT2D eigenvalue weighted by atomic mass is 16.5. The molecule has 1 saturated heterocycles. The van der Waals surface area contributed by atoms with Gasteiger partial charge in [-0.15, -0.1) is 0 Å². The van der Waals surface area contributed by atoms with Crippen LogP contribution >= 0.6 is 0 Å². The van der Waals surface area contributed by atoms with Gasteiger partial charge in [0.2, 0.25) is 0 Å². The Morgan fingerprint density at radius 3 is 2.94 bits per heavy atom. The lowest BCUT2D eigenvalue weighted by atomic mass is 10.0. The molecule has 1 aliphatic rings. The lowest BCUT2D eigenvalue weighted by molar-refractivity contribution is 0.413. The van der Waals surface area contributed by atoms with Gasteiger partial charge in [0.1, 0.15) is 5.75 Å². The lowest BCUT2D eigenvalue weighted by Gasteiger charge is -2.28. The Balaban J connectivity index is 2.14. The van der Waals surface area contributed by atoms with Crippen LogP contribution in [0.25, 0.3) is 0 Å². The predicted octanol–water partition coefficient (Wildman–Crippen LogP) is 2.52. The fourth-order valence-electron chi connectivity index (χ4n) is 2.44. The smallest absolute Gasteiger partial charge is 0.120 e. The fourth-order valence-corrected chi connectivity index (χ4v) is 2.44. The summed E-state index contributed by atoms with van der Waals surface area (Å²) in [6, 6.07) is 8.93. The molecular formula is C15H24N2O. The van der Waals surface area contributed by atoms with Crippen molar-refractivity contribution in [2.75, 3.05) is 31.6 Å². The third-order valence-electron chi connectivity index (χ3n) is 3.65. The largest absolute Gasteiger partial charge is 0.497 e. The Hall–Kier alpha value is -1.22. The van der Waals surface area contributed by atoms with E-state index < -0.39 is 0 Å². The molecule has 2 rings (SSSR count). The number of nitrogens with zero attached hydrogens (tertiary/aromatic N) is 1. The van der Waals surface area contributed by atoms with E-state index in [1.54, 1.807) is 7.11 Å². The number of hydrogen-bond donors (Lipinski definition) is 1. The van der Waals surface area contributed by atoms with Crippen LogP contribution in [0.4, 0.5) is 5.69 Å². The van der Waals surface area contributed by atoms with Crippen molar-refractivity contribution in [3.05, 3.63) is 24.3 Å². The first-order valence-electron chi connectivity index (χ1n) is 6.83. The molecule has 1 aliphatic heterocycles. The number of benzene rings is 1. The standard InChI is InChI=1S/C15H24N2O/c1-12(2)15-11-17(9-5-8-16-15)13-6-4-7-14(10-13)18-3/h4,6-7,10,12,15-16H,5,8-9,11H2,1-3H3. The molecule has 1 unspecified atom stereocenters. The summed E-state index contributed by atoms with van der Waals surface area (Å²) in [5.41, 5.74) is 1.27. The van der Waals surface area contributed by atoms with Crippen molar-refractivity contribution in [3.63, 3.8) is 0 Å². The van der Waals surface area contributed by atoms with Crippen LogP contribution in [0.3, 0.4) is 0 Å². The zero-order chi connectivity index (χ0) is 13.0. The second-order valence-electron chi connectivity index (χ2n) is 5.31. The molecule has 100 valence electrons. The summed E-state index contributed by atoms with van der Waals surface area (Å²) in [5, 5.41) is 3.64. The highest BCUT2D eigenvalue weighted by Crippen LogP contribution is 2.23. The molecule has 0 radical (unpaired) electrons. The number of rotatable bonds is 3. The zero-order valence-corrected chi connectivity index (χ0v) is 11.6. The van der Waals surface area contributed by atoms with Crippen LogP contribution in [0.5, 0.6) is 5.75 Å². The molecular weight excluding hydrogens is 224 g/mol. The maximum absolute atomic E-state index is 5.31. The summed E-state index contributed by atoms with van der Waals surface area (Å²) in [4.78, 5) is 2.47. The number of anilines is 1. The molecule has 1 aromatic carbocycles. The quantitative estimate of drug-likeness (QED) is 0.889. The summed E-state index contributed by atoms with van der Waals surface area (Å²) in [5.74, 6) is 1.60. The van der Waals surface area contributed by atoms with Gasteiger partial charge in [-0.1, -0.05) is 19.9 Å². The van der Waals surface area contributed by atoms with Gasteiger partial charge in [-0.05, 0) is 31.0 Å². The van der Waals surface area contributed by atoms with Crippen molar-refractivity contribution in [2.24, 2.45) is 5.92 Å². The predicted molar refractivity (Wildman–Crippen MR) is 76.5 cm³/mol. The van der Waals surface area contributed by atoms with E-state index in [-0.39, 0.29) is 0 Å². The van der Waals surface area contributed by atoms with Gasteiger partial charge in [0.05, 0.1) is 7.11 Å². The second kappa shape index (κ2) is 6.10. The maximum atomic E-state index is 5.31. The van der Waals surface area contributed by atoms with Gasteiger partial charge >= 0.3 is 0 Å². The molecule has 18 heavy (non-hydrogen) atoms. The van der Waals surface area contributed by atoms with E-state index in [9.17, 15) is 0 Å². The Morgan fingerprint density at radius 1 is 1.39 bits per heavy atom. The molecule has 1 aromatic rings. The normalized spacial score (nSPS) is 20.9. The molecule has 3 heteroatoms. The van der Waals surface area contributed by atoms with Gasteiger partial charge in [-0.25, -0.2) is 0 Å². The highest BCUT2D eigenvalue weighted by molar-refractivity contribution is 5.51. The van der Waals surface area contributed by atoms with Crippen LogP contribution in [-0.4, -0.2) is 32.8 Å². The number of methoxy groups -OCH3 is 1. The van der Waals surface area contributed by atoms with Crippen molar-refractivity contribution in [2.45, 2.75) is 26.3 Å². The summed E-state index contributed by atoms with van der Waals surface area (Å²) >= 11 is 0.